The summed E-state index contributed by atoms with van der Waals surface area (Å²) >= 11 is 0. The van der Waals surface area contributed by atoms with Crippen molar-refractivity contribution in [1.82, 2.24) is 14.9 Å². The predicted octanol–water partition coefficient (Wildman–Crippen LogP) is 0.962. The number of nitrogens with one attached hydrogen (secondary N) is 1. The second-order valence-corrected chi connectivity index (χ2v) is 5.30. The van der Waals surface area contributed by atoms with E-state index in [0.717, 1.165) is 29.4 Å². The number of nitrogens with zero attached hydrogens (tertiary/aromatic N) is 2. The Morgan fingerprint density at radius 2 is 2.32 bits per heavy atom. The number of aliphatic hydroxyl groups is 1. The van der Waals surface area contributed by atoms with Crippen LogP contribution in [-0.4, -0.2) is 27.2 Å². The molecule has 1 aliphatic rings. The van der Waals surface area contributed by atoms with Crippen LogP contribution in [0.15, 0.2) is 24.5 Å². The number of hydrogen-bond donors (Lipinski definition) is 2. The first-order valence-electron chi connectivity index (χ1n) is 6.44. The fourth-order valence-corrected chi connectivity index (χ4v) is 2.27. The van der Waals surface area contributed by atoms with Gasteiger partial charge in [0.15, 0.2) is 0 Å². The van der Waals surface area contributed by atoms with Crippen LogP contribution >= 0.6 is 0 Å². The van der Waals surface area contributed by atoms with Crippen LogP contribution in [0, 0.1) is 5.41 Å². The first-order valence-corrected chi connectivity index (χ1v) is 6.44. The summed E-state index contributed by atoms with van der Waals surface area (Å²) in [6.45, 7) is 0.422. The summed E-state index contributed by atoms with van der Waals surface area (Å²) < 4.78 is 1.96. The number of aromatic nitrogens is 2. The predicted molar refractivity (Wildman–Crippen MR) is 71.3 cm³/mol. The highest BCUT2D eigenvalue weighted by Crippen LogP contribution is 2.45. The summed E-state index contributed by atoms with van der Waals surface area (Å²) in [5.74, 6) is -0.0453. The molecule has 0 unspecified atom stereocenters. The van der Waals surface area contributed by atoms with E-state index < -0.39 is 5.41 Å². The second-order valence-electron chi connectivity index (χ2n) is 5.30. The molecule has 3 rings (SSSR count). The molecule has 0 bridgehead atoms. The summed E-state index contributed by atoms with van der Waals surface area (Å²) in [6, 6.07) is 5.97. The number of imidazole rings is 1. The molecule has 1 aromatic heterocycles. The van der Waals surface area contributed by atoms with Crippen molar-refractivity contribution in [3.05, 3.63) is 30.1 Å². The molecule has 2 aromatic rings. The number of rotatable bonds is 4. The quantitative estimate of drug-likeness (QED) is 0.859. The first-order chi connectivity index (χ1) is 9.14. The maximum atomic E-state index is 11.9. The molecule has 2 N–H and O–H groups in total. The SMILES string of the molecule is Cn1cnc2cc(CNC(=O)C3(CO)CC3)ccc21. The molecule has 1 amide bonds. The number of benzene rings is 1. The lowest BCUT2D eigenvalue weighted by molar-refractivity contribution is -0.127. The Morgan fingerprint density at radius 3 is 3.00 bits per heavy atom. The van der Waals surface area contributed by atoms with Crippen LogP contribution in [0.1, 0.15) is 18.4 Å². The standard InChI is InChI=1S/C14H17N3O2/c1-17-9-16-11-6-10(2-3-12(11)17)7-15-13(19)14(8-18)4-5-14/h2-3,6,9,18H,4-5,7-8H2,1H3,(H,15,19). The smallest absolute Gasteiger partial charge is 0.228 e. The minimum atomic E-state index is -0.505. The number of hydrogen-bond acceptors (Lipinski definition) is 3. The van der Waals surface area contributed by atoms with Gasteiger partial charge in [-0.15, -0.1) is 0 Å². The van der Waals surface area contributed by atoms with Gasteiger partial charge in [-0.25, -0.2) is 4.98 Å². The number of fused-ring (bicyclic) bond motifs is 1. The highest BCUT2D eigenvalue weighted by atomic mass is 16.3. The van der Waals surface area contributed by atoms with Gasteiger partial charge in [0.2, 0.25) is 5.91 Å². The Balaban J connectivity index is 1.70. The van der Waals surface area contributed by atoms with Crippen molar-refractivity contribution in [2.45, 2.75) is 19.4 Å². The van der Waals surface area contributed by atoms with Crippen LogP contribution in [0.2, 0.25) is 0 Å². The molecule has 100 valence electrons. The monoisotopic (exact) mass is 259 g/mol. The molecule has 5 nitrogen and oxygen atoms in total. The van der Waals surface area contributed by atoms with E-state index in [2.05, 4.69) is 10.3 Å². The van der Waals surface area contributed by atoms with Gasteiger partial charge in [-0.05, 0) is 30.5 Å². The molecule has 1 aromatic carbocycles. The van der Waals surface area contributed by atoms with Crippen LogP contribution in [0.3, 0.4) is 0 Å². The van der Waals surface area contributed by atoms with Crippen molar-refractivity contribution in [3.8, 4) is 0 Å². The van der Waals surface area contributed by atoms with E-state index in [1.54, 1.807) is 6.33 Å². The van der Waals surface area contributed by atoms with Gasteiger partial charge in [-0.3, -0.25) is 4.79 Å². The van der Waals surface area contributed by atoms with E-state index in [4.69, 9.17) is 0 Å². The molecule has 1 fully saturated rings. The Hall–Kier alpha value is -1.88. The molecule has 1 aliphatic carbocycles. The van der Waals surface area contributed by atoms with Crippen molar-refractivity contribution < 1.29 is 9.90 Å². The number of amides is 1. The largest absolute Gasteiger partial charge is 0.395 e. The minimum absolute atomic E-state index is 0.0453. The van der Waals surface area contributed by atoms with Gasteiger partial charge in [0.1, 0.15) is 0 Å². The zero-order chi connectivity index (χ0) is 13.5. The summed E-state index contributed by atoms with van der Waals surface area (Å²) in [5, 5.41) is 12.1. The van der Waals surface area contributed by atoms with Crippen molar-refractivity contribution in [2.24, 2.45) is 12.5 Å². The number of carbonyl (C=O) groups excluding carboxylic acids is 1. The average molecular weight is 259 g/mol. The topological polar surface area (TPSA) is 67.2 Å². The molecule has 19 heavy (non-hydrogen) atoms. The van der Waals surface area contributed by atoms with E-state index in [1.165, 1.54) is 0 Å². The third kappa shape index (κ3) is 2.10. The molecule has 1 heterocycles. The molecular formula is C14H17N3O2. The maximum absolute atomic E-state index is 11.9. The van der Waals surface area contributed by atoms with Gasteiger partial charge >= 0.3 is 0 Å². The number of aryl methyl sites for hydroxylation is 1. The fraction of sp³-hybridized carbons (Fsp3) is 0.429. The molecule has 0 atom stereocenters. The average Bonchev–Trinajstić information content (AvgIpc) is 3.16. The molecule has 5 heteroatoms. The summed E-state index contributed by atoms with van der Waals surface area (Å²) in [4.78, 5) is 16.2. The van der Waals surface area contributed by atoms with Crippen molar-refractivity contribution in [2.75, 3.05) is 6.61 Å². The molecule has 1 saturated carbocycles. The van der Waals surface area contributed by atoms with E-state index in [1.807, 2.05) is 29.8 Å². The van der Waals surface area contributed by atoms with Crippen molar-refractivity contribution in [1.29, 1.82) is 0 Å². The lowest BCUT2D eigenvalue weighted by Gasteiger charge is -2.12. The fourth-order valence-electron chi connectivity index (χ4n) is 2.27. The first kappa shape index (κ1) is 12.2. The molecule has 0 radical (unpaired) electrons. The van der Waals surface area contributed by atoms with Crippen LogP contribution in [0.25, 0.3) is 11.0 Å². The van der Waals surface area contributed by atoms with Crippen molar-refractivity contribution >= 4 is 16.9 Å². The lowest BCUT2D eigenvalue weighted by atomic mass is 10.1. The zero-order valence-corrected chi connectivity index (χ0v) is 10.9. The lowest BCUT2D eigenvalue weighted by Crippen LogP contribution is -2.33. The van der Waals surface area contributed by atoms with E-state index in [9.17, 15) is 9.90 Å². The second kappa shape index (κ2) is 4.35. The van der Waals surface area contributed by atoms with Crippen LogP contribution in [0.4, 0.5) is 0 Å². The van der Waals surface area contributed by atoms with Gasteiger partial charge in [-0.2, -0.15) is 0 Å². The normalized spacial score (nSPS) is 16.5. The van der Waals surface area contributed by atoms with Gasteiger partial charge in [0.25, 0.3) is 0 Å². The molecular weight excluding hydrogens is 242 g/mol. The highest BCUT2D eigenvalue weighted by Gasteiger charge is 2.49. The van der Waals surface area contributed by atoms with E-state index in [-0.39, 0.29) is 12.5 Å². The van der Waals surface area contributed by atoms with Crippen LogP contribution in [-0.2, 0) is 18.4 Å². The van der Waals surface area contributed by atoms with Gasteiger partial charge in [-0.1, -0.05) is 6.07 Å². The van der Waals surface area contributed by atoms with Crippen LogP contribution < -0.4 is 5.32 Å². The van der Waals surface area contributed by atoms with Gasteiger partial charge in [0.05, 0.1) is 29.4 Å². The molecule has 0 aliphatic heterocycles. The number of carbonyl (C=O) groups is 1. The Labute approximate surface area is 111 Å². The summed E-state index contributed by atoms with van der Waals surface area (Å²) in [6.07, 6.45) is 3.35. The molecule has 0 saturated heterocycles. The maximum Gasteiger partial charge on any atom is 0.228 e. The van der Waals surface area contributed by atoms with Crippen LogP contribution in [0.5, 0.6) is 0 Å². The molecule has 0 spiro atoms. The Kier molecular flexibility index (Phi) is 2.78. The Bertz CT molecular complexity index is 629. The highest BCUT2D eigenvalue weighted by molar-refractivity contribution is 5.85. The summed E-state index contributed by atoms with van der Waals surface area (Å²) in [5.41, 5.74) is 2.52. The van der Waals surface area contributed by atoms with Gasteiger partial charge < -0.3 is 15.0 Å². The zero-order valence-electron chi connectivity index (χ0n) is 10.9. The van der Waals surface area contributed by atoms with Gasteiger partial charge in [0, 0.05) is 13.6 Å². The van der Waals surface area contributed by atoms with Crippen molar-refractivity contribution in [3.63, 3.8) is 0 Å². The van der Waals surface area contributed by atoms with E-state index >= 15 is 0 Å². The van der Waals surface area contributed by atoms with E-state index in [0.29, 0.717) is 6.54 Å². The third-order valence-electron chi connectivity index (χ3n) is 3.88. The third-order valence-corrected chi connectivity index (χ3v) is 3.88. The summed E-state index contributed by atoms with van der Waals surface area (Å²) in [7, 11) is 1.95. The Morgan fingerprint density at radius 1 is 1.53 bits per heavy atom. The minimum Gasteiger partial charge on any atom is -0.395 e. The number of aliphatic hydroxyl groups excluding tert-OH is 1.